The number of amides is 1. The smallest absolute Gasteiger partial charge is 0.316 e. The van der Waals surface area contributed by atoms with E-state index in [9.17, 15) is 9.59 Å². The fourth-order valence-corrected chi connectivity index (χ4v) is 2.30. The van der Waals surface area contributed by atoms with Crippen molar-refractivity contribution in [3.63, 3.8) is 0 Å². The molecule has 0 radical (unpaired) electrons. The summed E-state index contributed by atoms with van der Waals surface area (Å²) in [5.74, 6) is -2.05. The van der Waals surface area contributed by atoms with Crippen molar-refractivity contribution in [3.8, 4) is 5.75 Å². The van der Waals surface area contributed by atoms with Gasteiger partial charge < -0.3 is 15.2 Å². The highest BCUT2D eigenvalue weighted by atomic mass is 16.5. The number of rotatable bonds is 3. The third-order valence-corrected chi connectivity index (χ3v) is 3.25. The molecule has 0 saturated carbocycles. The van der Waals surface area contributed by atoms with E-state index in [1.165, 1.54) is 0 Å². The first-order valence-electron chi connectivity index (χ1n) is 5.78. The molecule has 1 aliphatic heterocycles. The predicted molar refractivity (Wildman–Crippen MR) is 64.5 cm³/mol. The number of carboxylic acid groups (broad SMARTS) is 1. The molecule has 5 nitrogen and oxygen atoms in total. The Balaban J connectivity index is 2.28. The topological polar surface area (TPSA) is 75.6 Å². The highest BCUT2D eigenvalue weighted by Gasteiger charge is 2.38. The lowest BCUT2D eigenvalue weighted by Gasteiger charge is -2.28. The lowest BCUT2D eigenvalue weighted by Crippen LogP contribution is -2.44. The monoisotopic (exact) mass is 249 g/mol. The van der Waals surface area contributed by atoms with Gasteiger partial charge in [-0.15, -0.1) is 0 Å². The van der Waals surface area contributed by atoms with Gasteiger partial charge in [0, 0.05) is 12.5 Å². The maximum Gasteiger partial charge on any atom is 0.316 e. The third-order valence-electron chi connectivity index (χ3n) is 3.25. The van der Waals surface area contributed by atoms with E-state index in [1.54, 1.807) is 19.2 Å². The van der Waals surface area contributed by atoms with E-state index < -0.39 is 17.8 Å². The summed E-state index contributed by atoms with van der Waals surface area (Å²) in [5.41, 5.74) is 0.859. The van der Waals surface area contributed by atoms with Crippen LogP contribution in [0.1, 0.15) is 17.9 Å². The molecule has 0 unspecified atom stereocenters. The molecular weight excluding hydrogens is 234 g/mol. The second kappa shape index (κ2) is 5.08. The number of benzene rings is 1. The molecule has 2 rings (SSSR count). The molecule has 1 heterocycles. The second-order valence-electron chi connectivity index (χ2n) is 4.28. The molecule has 1 aliphatic rings. The quantitative estimate of drug-likeness (QED) is 0.784. The third kappa shape index (κ3) is 2.30. The van der Waals surface area contributed by atoms with Crippen molar-refractivity contribution in [3.05, 3.63) is 29.8 Å². The molecule has 96 valence electrons. The molecule has 1 aromatic carbocycles. The molecule has 0 bridgehead atoms. The van der Waals surface area contributed by atoms with Crippen LogP contribution in [0.5, 0.6) is 5.75 Å². The van der Waals surface area contributed by atoms with Crippen LogP contribution in [0, 0.1) is 5.92 Å². The first-order valence-corrected chi connectivity index (χ1v) is 5.78. The van der Waals surface area contributed by atoms with Crippen LogP contribution in [0.3, 0.4) is 0 Å². The lowest BCUT2D eigenvalue weighted by molar-refractivity contribution is -0.149. The Morgan fingerprint density at radius 1 is 1.39 bits per heavy atom. The molecule has 1 amide bonds. The summed E-state index contributed by atoms with van der Waals surface area (Å²) < 4.78 is 5.06. The number of hydrogen-bond acceptors (Lipinski definition) is 3. The van der Waals surface area contributed by atoms with Gasteiger partial charge in [-0.3, -0.25) is 9.59 Å². The summed E-state index contributed by atoms with van der Waals surface area (Å²) >= 11 is 0. The van der Waals surface area contributed by atoms with Crippen molar-refractivity contribution < 1.29 is 19.4 Å². The fourth-order valence-electron chi connectivity index (χ4n) is 2.30. The minimum atomic E-state index is -1.08. The predicted octanol–water partition coefficient (Wildman–Crippen LogP) is 0.999. The van der Waals surface area contributed by atoms with Gasteiger partial charge in [0.1, 0.15) is 11.7 Å². The van der Waals surface area contributed by atoms with Gasteiger partial charge in [-0.1, -0.05) is 12.1 Å². The van der Waals surface area contributed by atoms with Crippen LogP contribution in [0.4, 0.5) is 0 Å². The van der Waals surface area contributed by atoms with Crippen LogP contribution >= 0.6 is 0 Å². The number of carbonyl (C=O) groups excluding carboxylic acids is 1. The van der Waals surface area contributed by atoms with Crippen molar-refractivity contribution in [2.24, 2.45) is 5.92 Å². The lowest BCUT2D eigenvalue weighted by atomic mass is 9.80. The molecule has 0 aromatic heterocycles. The number of hydrogen-bond donors (Lipinski definition) is 2. The van der Waals surface area contributed by atoms with E-state index in [2.05, 4.69) is 5.32 Å². The SMILES string of the molecule is COc1ccc([C@H]2CCNC(=O)[C@@H]2C(=O)O)cc1. The Kier molecular flexibility index (Phi) is 3.50. The van der Waals surface area contributed by atoms with Crippen molar-refractivity contribution in [2.75, 3.05) is 13.7 Å². The highest BCUT2D eigenvalue weighted by molar-refractivity contribution is 5.98. The van der Waals surface area contributed by atoms with Crippen molar-refractivity contribution in [1.29, 1.82) is 0 Å². The van der Waals surface area contributed by atoms with Gasteiger partial charge in [0.25, 0.3) is 0 Å². The molecule has 2 N–H and O–H groups in total. The number of piperidine rings is 1. The molecule has 1 saturated heterocycles. The average molecular weight is 249 g/mol. The number of methoxy groups -OCH3 is 1. The normalized spacial score (nSPS) is 23.3. The molecule has 18 heavy (non-hydrogen) atoms. The van der Waals surface area contributed by atoms with Crippen LogP contribution in [0.15, 0.2) is 24.3 Å². The minimum absolute atomic E-state index is 0.276. The van der Waals surface area contributed by atoms with Crippen LogP contribution < -0.4 is 10.1 Å². The van der Waals surface area contributed by atoms with Gasteiger partial charge in [0.15, 0.2) is 0 Å². The number of aliphatic carboxylic acids is 1. The van der Waals surface area contributed by atoms with Crippen LogP contribution in [-0.4, -0.2) is 30.6 Å². The number of carboxylic acids is 1. The Labute approximate surface area is 105 Å². The minimum Gasteiger partial charge on any atom is -0.497 e. The van der Waals surface area contributed by atoms with Crippen molar-refractivity contribution in [1.82, 2.24) is 5.32 Å². The van der Waals surface area contributed by atoms with Gasteiger partial charge in [-0.2, -0.15) is 0 Å². The van der Waals surface area contributed by atoms with Crippen LogP contribution in [0.25, 0.3) is 0 Å². The first-order chi connectivity index (χ1) is 8.63. The zero-order chi connectivity index (χ0) is 13.1. The van der Waals surface area contributed by atoms with E-state index in [1.807, 2.05) is 12.1 Å². The Morgan fingerprint density at radius 3 is 2.61 bits per heavy atom. The van der Waals surface area contributed by atoms with E-state index in [0.29, 0.717) is 18.7 Å². The zero-order valence-corrected chi connectivity index (χ0v) is 10.1. The fraction of sp³-hybridized carbons (Fsp3) is 0.385. The molecule has 0 spiro atoms. The van der Waals surface area contributed by atoms with Gasteiger partial charge in [-0.05, 0) is 24.1 Å². The van der Waals surface area contributed by atoms with E-state index >= 15 is 0 Å². The summed E-state index contributed by atoms with van der Waals surface area (Å²) in [7, 11) is 1.57. The van der Waals surface area contributed by atoms with Crippen LogP contribution in [-0.2, 0) is 9.59 Å². The van der Waals surface area contributed by atoms with Crippen molar-refractivity contribution in [2.45, 2.75) is 12.3 Å². The molecule has 1 fully saturated rings. The molecule has 2 atom stereocenters. The maximum atomic E-state index is 11.6. The summed E-state index contributed by atoms with van der Waals surface area (Å²) in [6, 6.07) is 7.19. The number of carbonyl (C=O) groups is 2. The van der Waals surface area contributed by atoms with E-state index in [0.717, 1.165) is 5.56 Å². The second-order valence-corrected chi connectivity index (χ2v) is 4.28. The summed E-state index contributed by atoms with van der Waals surface area (Å²) in [5, 5.41) is 11.7. The zero-order valence-electron chi connectivity index (χ0n) is 10.1. The van der Waals surface area contributed by atoms with Gasteiger partial charge in [0.2, 0.25) is 5.91 Å². The van der Waals surface area contributed by atoms with Crippen molar-refractivity contribution >= 4 is 11.9 Å². The van der Waals surface area contributed by atoms with E-state index in [4.69, 9.17) is 9.84 Å². The average Bonchev–Trinajstić information content (AvgIpc) is 2.38. The Morgan fingerprint density at radius 2 is 2.06 bits per heavy atom. The van der Waals surface area contributed by atoms with Gasteiger partial charge in [0.05, 0.1) is 7.11 Å². The summed E-state index contributed by atoms with van der Waals surface area (Å²) in [6.07, 6.45) is 0.634. The summed E-state index contributed by atoms with van der Waals surface area (Å²) in [6.45, 7) is 0.513. The molecule has 0 aliphatic carbocycles. The van der Waals surface area contributed by atoms with Gasteiger partial charge in [-0.25, -0.2) is 0 Å². The standard InChI is InChI=1S/C13H15NO4/c1-18-9-4-2-8(3-5-9)10-6-7-14-12(15)11(10)13(16)17/h2-5,10-11H,6-7H2,1H3,(H,14,15)(H,16,17)/t10-,11-/m1/s1. The number of nitrogens with one attached hydrogen (secondary N) is 1. The summed E-state index contributed by atoms with van der Waals surface area (Å²) in [4.78, 5) is 22.8. The molecule has 5 heteroatoms. The largest absolute Gasteiger partial charge is 0.497 e. The molecular formula is C13H15NO4. The highest BCUT2D eigenvalue weighted by Crippen LogP contribution is 2.32. The Bertz CT molecular complexity index is 455. The van der Waals surface area contributed by atoms with E-state index in [-0.39, 0.29) is 5.92 Å². The maximum absolute atomic E-state index is 11.6. The first kappa shape index (κ1) is 12.4. The number of ether oxygens (including phenoxy) is 1. The molecule has 1 aromatic rings. The Hall–Kier alpha value is -2.04. The van der Waals surface area contributed by atoms with Crippen LogP contribution in [0.2, 0.25) is 0 Å². The van der Waals surface area contributed by atoms with Gasteiger partial charge >= 0.3 is 5.97 Å².